The predicted octanol–water partition coefficient (Wildman–Crippen LogP) is 4.22. The first-order valence-electron chi connectivity index (χ1n) is 7.58. The fourth-order valence-electron chi connectivity index (χ4n) is 3.65. The molecule has 0 amide bonds. The molecule has 0 heterocycles. The summed E-state index contributed by atoms with van der Waals surface area (Å²) in [7, 11) is 0. The van der Waals surface area contributed by atoms with Gasteiger partial charge in [-0.1, -0.05) is 25.7 Å². The monoisotopic (exact) mass is 255 g/mol. The van der Waals surface area contributed by atoms with Crippen molar-refractivity contribution in [1.82, 2.24) is 5.32 Å². The third kappa shape index (κ3) is 4.17. The van der Waals surface area contributed by atoms with E-state index in [1.54, 1.807) is 0 Å². The molecule has 17 heavy (non-hydrogen) atoms. The Morgan fingerprint density at radius 3 is 2.47 bits per heavy atom. The van der Waals surface area contributed by atoms with Crippen molar-refractivity contribution in [3.8, 4) is 0 Å². The molecule has 0 aromatic carbocycles. The summed E-state index contributed by atoms with van der Waals surface area (Å²) in [4.78, 5) is 0. The lowest BCUT2D eigenvalue weighted by atomic mass is 9.83. The van der Waals surface area contributed by atoms with E-state index in [0.29, 0.717) is 0 Å². The van der Waals surface area contributed by atoms with Crippen LogP contribution in [0, 0.1) is 5.92 Å². The molecule has 2 heteroatoms. The van der Waals surface area contributed by atoms with Crippen LogP contribution in [-0.4, -0.2) is 23.6 Å². The zero-order valence-corrected chi connectivity index (χ0v) is 12.4. The lowest BCUT2D eigenvalue weighted by molar-refractivity contribution is 0.245. The van der Waals surface area contributed by atoms with Crippen LogP contribution in [0.2, 0.25) is 0 Å². The Morgan fingerprint density at radius 2 is 1.76 bits per heavy atom. The van der Waals surface area contributed by atoms with Crippen molar-refractivity contribution in [1.29, 1.82) is 0 Å². The number of hydrogen-bond donors (Lipinski definition) is 1. The number of rotatable bonds is 4. The van der Waals surface area contributed by atoms with Crippen LogP contribution >= 0.6 is 11.8 Å². The molecule has 2 saturated carbocycles. The molecule has 2 rings (SSSR count). The Balaban J connectivity index is 1.74. The second kappa shape index (κ2) is 7.04. The molecule has 100 valence electrons. The van der Waals surface area contributed by atoms with Gasteiger partial charge in [-0.15, -0.1) is 0 Å². The number of nitrogens with one attached hydrogen (secondary N) is 1. The van der Waals surface area contributed by atoms with Crippen molar-refractivity contribution in [2.45, 2.75) is 82.0 Å². The maximum atomic E-state index is 3.94. The van der Waals surface area contributed by atoms with Gasteiger partial charge >= 0.3 is 0 Å². The van der Waals surface area contributed by atoms with Gasteiger partial charge in [0.05, 0.1) is 0 Å². The molecule has 1 N–H and O–H groups in total. The average molecular weight is 255 g/mol. The third-order valence-corrected chi connectivity index (χ3v) is 5.91. The first-order valence-corrected chi connectivity index (χ1v) is 8.87. The zero-order chi connectivity index (χ0) is 12.1. The van der Waals surface area contributed by atoms with Crippen molar-refractivity contribution in [2.75, 3.05) is 6.26 Å². The van der Waals surface area contributed by atoms with Crippen LogP contribution < -0.4 is 5.32 Å². The molecule has 3 atom stereocenters. The Hall–Kier alpha value is 0.310. The summed E-state index contributed by atoms with van der Waals surface area (Å²) in [5, 5.41) is 4.86. The summed E-state index contributed by atoms with van der Waals surface area (Å²) in [6.45, 7) is 2.43. The first-order chi connectivity index (χ1) is 8.29. The molecular weight excluding hydrogens is 226 g/mol. The highest BCUT2D eigenvalue weighted by Crippen LogP contribution is 2.30. The normalized spacial score (nSPS) is 33.5. The standard InChI is InChI=1S/C15H29NS/c1-12(13-7-4-3-5-8-13)16-14-9-6-10-15(11-14)17-2/h12-16H,3-11H2,1-2H3. The Kier molecular flexibility index (Phi) is 5.68. The van der Waals surface area contributed by atoms with E-state index in [9.17, 15) is 0 Å². The molecule has 0 radical (unpaired) electrons. The summed E-state index contributed by atoms with van der Waals surface area (Å²) < 4.78 is 0. The van der Waals surface area contributed by atoms with Gasteiger partial charge in [0.2, 0.25) is 0 Å². The lowest BCUT2D eigenvalue weighted by Crippen LogP contribution is -2.44. The van der Waals surface area contributed by atoms with E-state index in [-0.39, 0.29) is 0 Å². The van der Waals surface area contributed by atoms with E-state index < -0.39 is 0 Å². The topological polar surface area (TPSA) is 12.0 Å². The Labute approximate surface area is 112 Å². The molecule has 0 aromatic rings. The summed E-state index contributed by atoms with van der Waals surface area (Å²) in [5.74, 6) is 0.957. The molecule has 2 fully saturated rings. The Bertz CT molecular complexity index is 213. The van der Waals surface area contributed by atoms with E-state index in [2.05, 4.69) is 30.3 Å². The van der Waals surface area contributed by atoms with Crippen molar-refractivity contribution in [2.24, 2.45) is 5.92 Å². The van der Waals surface area contributed by atoms with Gasteiger partial charge in [-0.25, -0.2) is 0 Å². The summed E-state index contributed by atoms with van der Waals surface area (Å²) in [6.07, 6.45) is 15.3. The van der Waals surface area contributed by atoms with Crippen LogP contribution in [0.4, 0.5) is 0 Å². The smallest absolute Gasteiger partial charge is 0.00801 e. The molecular formula is C15H29NS. The highest BCUT2D eigenvalue weighted by molar-refractivity contribution is 7.99. The maximum absolute atomic E-state index is 3.94. The van der Waals surface area contributed by atoms with Crippen molar-refractivity contribution in [3.05, 3.63) is 0 Å². The van der Waals surface area contributed by atoms with Gasteiger partial charge in [-0.2, -0.15) is 11.8 Å². The van der Waals surface area contributed by atoms with Gasteiger partial charge in [-0.3, -0.25) is 0 Å². The van der Waals surface area contributed by atoms with E-state index in [4.69, 9.17) is 0 Å². The van der Waals surface area contributed by atoms with Gasteiger partial charge in [0.25, 0.3) is 0 Å². The van der Waals surface area contributed by atoms with Gasteiger partial charge in [0.1, 0.15) is 0 Å². The van der Waals surface area contributed by atoms with E-state index in [1.165, 1.54) is 57.8 Å². The van der Waals surface area contributed by atoms with Crippen LogP contribution in [-0.2, 0) is 0 Å². The molecule has 0 aromatic heterocycles. The number of thioether (sulfide) groups is 1. The highest BCUT2D eigenvalue weighted by atomic mass is 32.2. The third-order valence-electron chi connectivity index (χ3n) is 4.81. The Morgan fingerprint density at radius 1 is 1.00 bits per heavy atom. The van der Waals surface area contributed by atoms with Crippen molar-refractivity contribution < 1.29 is 0 Å². The van der Waals surface area contributed by atoms with Crippen molar-refractivity contribution in [3.63, 3.8) is 0 Å². The van der Waals surface area contributed by atoms with Gasteiger partial charge in [0.15, 0.2) is 0 Å². The molecule has 0 spiro atoms. The molecule has 3 unspecified atom stereocenters. The molecule has 2 aliphatic rings. The fraction of sp³-hybridized carbons (Fsp3) is 1.00. The molecule has 0 aliphatic heterocycles. The van der Waals surface area contributed by atoms with Gasteiger partial charge in [0, 0.05) is 17.3 Å². The van der Waals surface area contributed by atoms with Crippen LogP contribution in [0.1, 0.15) is 64.7 Å². The number of hydrogen-bond acceptors (Lipinski definition) is 2. The summed E-state index contributed by atoms with van der Waals surface area (Å²) >= 11 is 2.07. The second-order valence-electron chi connectivity index (χ2n) is 6.07. The predicted molar refractivity (Wildman–Crippen MR) is 78.7 cm³/mol. The van der Waals surface area contributed by atoms with Crippen LogP contribution in [0.5, 0.6) is 0 Å². The maximum Gasteiger partial charge on any atom is 0.00801 e. The molecule has 1 nitrogen and oxygen atoms in total. The average Bonchev–Trinajstić information content (AvgIpc) is 2.40. The van der Waals surface area contributed by atoms with Crippen molar-refractivity contribution >= 4 is 11.8 Å². The first kappa shape index (κ1) is 13.7. The SMILES string of the molecule is CSC1CCCC(NC(C)C2CCCCC2)C1. The largest absolute Gasteiger partial charge is 0.311 e. The second-order valence-corrected chi connectivity index (χ2v) is 7.21. The van der Waals surface area contributed by atoms with E-state index >= 15 is 0 Å². The summed E-state index contributed by atoms with van der Waals surface area (Å²) in [6, 6.07) is 1.55. The minimum absolute atomic E-state index is 0.751. The lowest BCUT2D eigenvalue weighted by Gasteiger charge is -2.35. The van der Waals surface area contributed by atoms with Crippen LogP contribution in [0.15, 0.2) is 0 Å². The van der Waals surface area contributed by atoms with E-state index in [0.717, 1.165) is 23.3 Å². The van der Waals surface area contributed by atoms with Gasteiger partial charge in [-0.05, 0) is 51.2 Å². The quantitative estimate of drug-likeness (QED) is 0.807. The minimum atomic E-state index is 0.751. The zero-order valence-electron chi connectivity index (χ0n) is 11.6. The molecule has 0 bridgehead atoms. The summed E-state index contributed by atoms with van der Waals surface area (Å²) in [5.41, 5.74) is 0. The molecule has 0 saturated heterocycles. The highest BCUT2D eigenvalue weighted by Gasteiger charge is 2.25. The minimum Gasteiger partial charge on any atom is -0.311 e. The van der Waals surface area contributed by atoms with Crippen LogP contribution in [0.25, 0.3) is 0 Å². The van der Waals surface area contributed by atoms with E-state index in [1.807, 2.05) is 0 Å². The van der Waals surface area contributed by atoms with Gasteiger partial charge < -0.3 is 5.32 Å². The fourth-order valence-corrected chi connectivity index (χ4v) is 4.48. The van der Waals surface area contributed by atoms with Crippen LogP contribution in [0.3, 0.4) is 0 Å². The molecule has 2 aliphatic carbocycles.